The van der Waals surface area contributed by atoms with Gasteiger partial charge < -0.3 is 14.8 Å². The maximum atomic E-state index is 12.4. The second-order valence-electron chi connectivity index (χ2n) is 5.33. The van der Waals surface area contributed by atoms with Crippen molar-refractivity contribution in [3.63, 3.8) is 0 Å². The molecule has 1 heterocycles. The van der Waals surface area contributed by atoms with Crippen LogP contribution in [0.4, 0.5) is 5.69 Å². The molecular formula is C19H18ClN3O3. The fourth-order valence-corrected chi connectivity index (χ4v) is 2.48. The molecule has 3 rings (SSSR count). The highest BCUT2D eigenvalue weighted by atomic mass is 35.5. The summed E-state index contributed by atoms with van der Waals surface area (Å²) < 4.78 is 12.6. The molecule has 0 aliphatic carbocycles. The summed E-state index contributed by atoms with van der Waals surface area (Å²) in [5.41, 5.74) is 0.875. The van der Waals surface area contributed by atoms with Crippen LogP contribution < -0.4 is 14.8 Å². The summed E-state index contributed by atoms with van der Waals surface area (Å²) in [6, 6.07) is 16.0. The zero-order valence-corrected chi connectivity index (χ0v) is 14.9. The van der Waals surface area contributed by atoms with E-state index in [4.69, 9.17) is 21.1 Å². The first-order valence-corrected chi connectivity index (χ1v) is 8.49. The van der Waals surface area contributed by atoms with Crippen molar-refractivity contribution >= 4 is 23.2 Å². The Bertz CT molecular complexity index is 895. The average molecular weight is 372 g/mol. The van der Waals surface area contributed by atoms with E-state index in [1.165, 1.54) is 4.68 Å². The minimum absolute atomic E-state index is 0.145. The van der Waals surface area contributed by atoms with E-state index in [-0.39, 0.29) is 18.3 Å². The van der Waals surface area contributed by atoms with Crippen LogP contribution in [0.2, 0.25) is 5.02 Å². The Balaban J connectivity index is 1.64. The number of halogens is 1. The largest absolute Gasteiger partial charge is 0.492 e. The van der Waals surface area contributed by atoms with Gasteiger partial charge in [-0.1, -0.05) is 35.9 Å². The number of nitrogens with zero attached hydrogens (tertiary/aromatic N) is 2. The standard InChI is InChI=1S/C19H18ClN3O3/c1-2-25-18-10-6-4-8-15(18)21-19(24)16-11-12-23(22-16)13-26-17-9-5-3-7-14(17)20/h3-12H,2,13H2,1H3,(H,21,24). The predicted octanol–water partition coefficient (Wildman–Crippen LogP) is 4.22. The van der Waals surface area contributed by atoms with Gasteiger partial charge in [-0.3, -0.25) is 4.79 Å². The molecule has 0 aliphatic heterocycles. The Morgan fingerprint density at radius 2 is 1.81 bits per heavy atom. The first-order valence-electron chi connectivity index (χ1n) is 8.11. The molecule has 0 bridgehead atoms. The number of anilines is 1. The average Bonchev–Trinajstić information content (AvgIpc) is 3.12. The molecule has 0 atom stereocenters. The lowest BCUT2D eigenvalue weighted by atomic mass is 10.3. The van der Waals surface area contributed by atoms with Crippen LogP contribution in [0, 0.1) is 0 Å². The van der Waals surface area contributed by atoms with Crippen molar-refractivity contribution < 1.29 is 14.3 Å². The third-order valence-corrected chi connectivity index (χ3v) is 3.81. The van der Waals surface area contributed by atoms with Gasteiger partial charge in [0.1, 0.15) is 11.5 Å². The second-order valence-corrected chi connectivity index (χ2v) is 5.73. The van der Waals surface area contributed by atoms with Gasteiger partial charge in [-0.25, -0.2) is 4.68 Å². The van der Waals surface area contributed by atoms with Crippen molar-refractivity contribution in [2.75, 3.05) is 11.9 Å². The normalized spacial score (nSPS) is 10.4. The van der Waals surface area contributed by atoms with Gasteiger partial charge >= 0.3 is 0 Å². The summed E-state index contributed by atoms with van der Waals surface area (Å²) >= 11 is 6.05. The van der Waals surface area contributed by atoms with Gasteiger partial charge in [-0.05, 0) is 37.3 Å². The first-order chi connectivity index (χ1) is 12.7. The number of hydrogen-bond acceptors (Lipinski definition) is 4. The zero-order chi connectivity index (χ0) is 18.4. The molecule has 0 radical (unpaired) electrons. The summed E-state index contributed by atoms with van der Waals surface area (Å²) in [7, 11) is 0. The van der Waals surface area contributed by atoms with E-state index in [0.29, 0.717) is 28.8 Å². The summed E-state index contributed by atoms with van der Waals surface area (Å²) in [6.07, 6.45) is 1.67. The molecule has 0 saturated heterocycles. The van der Waals surface area contributed by atoms with E-state index >= 15 is 0 Å². The van der Waals surface area contributed by atoms with Crippen LogP contribution in [-0.4, -0.2) is 22.3 Å². The molecule has 0 aliphatic rings. The maximum Gasteiger partial charge on any atom is 0.276 e. The van der Waals surface area contributed by atoms with Gasteiger partial charge in [-0.2, -0.15) is 5.10 Å². The summed E-state index contributed by atoms with van der Waals surface area (Å²) in [4.78, 5) is 12.4. The summed E-state index contributed by atoms with van der Waals surface area (Å²) in [5.74, 6) is 0.847. The van der Waals surface area contributed by atoms with Crippen molar-refractivity contribution in [3.05, 3.63) is 71.5 Å². The minimum atomic E-state index is -0.325. The molecule has 1 aromatic heterocycles. The lowest BCUT2D eigenvalue weighted by Crippen LogP contribution is -2.15. The second kappa shape index (κ2) is 8.40. The van der Waals surface area contributed by atoms with E-state index in [2.05, 4.69) is 10.4 Å². The number of nitrogens with one attached hydrogen (secondary N) is 1. The van der Waals surface area contributed by atoms with Gasteiger partial charge in [-0.15, -0.1) is 0 Å². The molecule has 1 amide bonds. The Morgan fingerprint density at radius 1 is 1.08 bits per heavy atom. The number of benzene rings is 2. The van der Waals surface area contributed by atoms with Crippen LogP contribution in [0.3, 0.4) is 0 Å². The maximum absolute atomic E-state index is 12.4. The monoisotopic (exact) mass is 371 g/mol. The Morgan fingerprint density at radius 3 is 2.58 bits per heavy atom. The molecule has 26 heavy (non-hydrogen) atoms. The third-order valence-electron chi connectivity index (χ3n) is 3.50. The summed E-state index contributed by atoms with van der Waals surface area (Å²) in [6.45, 7) is 2.55. The first kappa shape index (κ1) is 17.8. The molecule has 6 nitrogen and oxygen atoms in total. The lowest BCUT2D eigenvalue weighted by Gasteiger charge is -2.10. The highest BCUT2D eigenvalue weighted by molar-refractivity contribution is 6.32. The number of para-hydroxylation sites is 3. The highest BCUT2D eigenvalue weighted by Gasteiger charge is 2.12. The Kier molecular flexibility index (Phi) is 5.76. The number of amides is 1. The SMILES string of the molecule is CCOc1ccccc1NC(=O)c1ccn(COc2ccccc2Cl)n1. The van der Waals surface area contributed by atoms with E-state index in [1.54, 1.807) is 36.5 Å². The van der Waals surface area contributed by atoms with E-state index in [1.807, 2.05) is 31.2 Å². The lowest BCUT2D eigenvalue weighted by molar-refractivity contribution is 0.101. The Hall–Kier alpha value is -2.99. The molecular weight excluding hydrogens is 354 g/mol. The van der Waals surface area contributed by atoms with Gasteiger partial charge in [0, 0.05) is 6.20 Å². The molecule has 0 fully saturated rings. The van der Waals surface area contributed by atoms with Gasteiger partial charge in [0.15, 0.2) is 12.4 Å². The number of carbonyl (C=O) groups is 1. The number of ether oxygens (including phenoxy) is 2. The van der Waals surface area contributed by atoms with Crippen molar-refractivity contribution in [1.82, 2.24) is 9.78 Å². The van der Waals surface area contributed by atoms with Crippen LogP contribution in [0.5, 0.6) is 11.5 Å². The third kappa shape index (κ3) is 4.34. The minimum Gasteiger partial charge on any atom is -0.492 e. The van der Waals surface area contributed by atoms with Gasteiger partial charge in [0.25, 0.3) is 5.91 Å². The van der Waals surface area contributed by atoms with Crippen LogP contribution in [0.15, 0.2) is 60.8 Å². The molecule has 3 aromatic rings. The van der Waals surface area contributed by atoms with Crippen LogP contribution >= 0.6 is 11.6 Å². The molecule has 2 aromatic carbocycles. The smallest absolute Gasteiger partial charge is 0.276 e. The number of aromatic nitrogens is 2. The topological polar surface area (TPSA) is 65.4 Å². The van der Waals surface area contributed by atoms with Crippen molar-refractivity contribution in [3.8, 4) is 11.5 Å². The fourth-order valence-electron chi connectivity index (χ4n) is 2.29. The molecule has 0 saturated carbocycles. The predicted molar refractivity (Wildman–Crippen MR) is 99.9 cm³/mol. The number of hydrogen-bond donors (Lipinski definition) is 1. The van der Waals surface area contributed by atoms with E-state index in [9.17, 15) is 4.79 Å². The molecule has 7 heteroatoms. The van der Waals surface area contributed by atoms with Gasteiger partial charge in [0.2, 0.25) is 0 Å². The quantitative estimate of drug-likeness (QED) is 0.675. The molecule has 134 valence electrons. The van der Waals surface area contributed by atoms with E-state index in [0.717, 1.165) is 0 Å². The molecule has 1 N–H and O–H groups in total. The fraction of sp³-hybridized carbons (Fsp3) is 0.158. The van der Waals surface area contributed by atoms with Crippen LogP contribution in [-0.2, 0) is 6.73 Å². The molecule has 0 unspecified atom stereocenters. The number of carbonyl (C=O) groups excluding carboxylic acids is 1. The van der Waals surface area contributed by atoms with Crippen LogP contribution in [0.25, 0.3) is 0 Å². The Labute approximate surface area is 156 Å². The van der Waals surface area contributed by atoms with Crippen molar-refractivity contribution in [2.24, 2.45) is 0 Å². The summed E-state index contributed by atoms with van der Waals surface area (Å²) in [5, 5.41) is 7.55. The molecule has 0 spiro atoms. The number of rotatable bonds is 7. The van der Waals surface area contributed by atoms with E-state index < -0.39 is 0 Å². The van der Waals surface area contributed by atoms with Crippen molar-refractivity contribution in [2.45, 2.75) is 13.7 Å². The van der Waals surface area contributed by atoms with Crippen LogP contribution in [0.1, 0.15) is 17.4 Å². The zero-order valence-electron chi connectivity index (χ0n) is 14.2. The van der Waals surface area contributed by atoms with Crippen molar-refractivity contribution in [1.29, 1.82) is 0 Å². The van der Waals surface area contributed by atoms with Gasteiger partial charge in [0.05, 0.1) is 17.3 Å². The highest BCUT2D eigenvalue weighted by Crippen LogP contribution is 2.24.